The molecule has 1 amide bonds. The Morgan fingerprint density at radius 3 is 2.89 bits per heavy atom. The number of carbonyl (C=O) groups is 1. The Hall–Kier alpha value is -0.870. The zero-order chi connectivity index (χ0) is 13.0. The molecule has 1 aliphatic heterocycles. The Bertz CT molecular complexity index is 373. The molecule has 2 rings (SSSR count). The van der Waals surface area contributed by atoms with Crippen LogP contribution in [0.4, 0.5) is 0 Å². The van der Waals surface area contributed by atoms with Crippen LogP contribution in [0.25, 0.3) is 0 Å². The van der Waals surface area contributed by atoms with Crippen molar-refractivity contribution in [2.75, 3.05) is 19.6 Å². The molecule has 1 aliphatic rings. The van der Waals surface area contributed by atoms with Crippen LogP contribution >= 0.6 is 11.3 Å². The van der Waals surface area contributed by atoms with Crippen LogP contribution in [0.5, 0.6) is 0 Å². The van der Waals surface area contributed by atoms with E-state index in [-0.39, 0.29) is 6.04 Å². The van der Waals surface area contributed by atoms with E-state index in [0.29, 0.717) is 5.91 Å². The lowest BCUT2D eigenvalue weighted by molar-refractivity contribution is -0.135. The van der Waals surface area contributed by atoms with Crippen LogP contribution < -0.4 is 0 Å². The molecule has 4 heteroatoms. The van der Waals surface area contributed by atoms with Crippen LogP contribution in [0, 0.1) is 0 Å². The van der Waals surface area contributed by atoms with Gasteiger partial charge >= 0.3 is 0 Å². The number of likely N-dealkylation sites (tertiary alicyclic amines) is 1. The van der Waals surface area contributed by atoms with Crippen LogP contribution in [0.3, 0.4) is 0 Å². The first-order chi connectivity index (χ1) is 8.76. The van der Waals surface area contributed by atoms with Crippen LogP contribution in [-0.4, -0.2) is 41.4 Å². The molecule has 0 saturated carbocycles. The van der Waals surface area contributed by atoms with Crippen molar-refractivity contribution in [1.82, 2.24) is 9.80 Å². The minimum Gasteiger partial charge on any atom is -0.342 e. The second-order valence-electron chi connectivity index (χ2n) is 4.77. The van der Waals surface area contributed by atoms with Crippen molar-refractivity contribution in [3.63, 3.8) is 0 Å². The highest BCUT2D eigenvalue weighted by atomic mass is 32.1. The van der Waals surface area contributed by atoms with E-state index in [2.05, 4.69) is 35.6 Å². The molecule has 0 N–H and O–H groups in total. The summed E-state index contributed by atoms with van der Waals surface area (Å²) in [6.07, 6.45) is 2.15. The van der Waals surface area contributed by atoms with Gasteiger partial charge in [0, 0.05) is 19.6 Å². The molecule has 1 aromatic heterocycles. The van der Waals surface area contributed by atoms with Gasteiger partial charge in [0.15, 0.2) is 0 Å². The second-order valence-corrected chi connectivity index (χ2v) is 5.55. The number of hydrogen-bond donors (Lipinski definition) is 0. The van der Waals surface area contributed by atoms with Gasteiger partial charge < -0.3 is 4.90 Å². The van der Waals surface area contributed by atoms with E-state index in [1.54, 1.807) is 11.3 Å². The molecule has 2 heterocycles. The molecular weight excluding hydrogens is 244 g/mol. The molecule has 100 valence electrons. The number of thiophene rings is 1. The highest BCUT2D eigenvalue weighted by Crippen LogP contribution is 2.22. The fourth-order valence-electron chi connectivity index (χ4n) is 2.66. The molecule has 0 bridgehead atoms. The first-order valence-electron chi connectivity index (χ1n) is 6.80. The molecule has 0 aliphatic carbocycles. The maximum Gasteiger partial charge on any atom is 0.239 e. The van der Waals surface area contributed by atoms with Gasteiger partial charge in [-0.3, -0.25) is 9.69 Å². The summed E-state index contributed by atoms with van der Waals surface area (Å²) in [5.41, 5.74) is 1.33. The molecule has 3 nitrogen and oxygen atoms in total. The molecular formula is C14H22N2OS. The normalized spacial score (nSPS) is 20.2. The van der Waals surface area contributed by atoms with Crippen molar-refractivity contribution >= 4 is 17.2 Å². The summed E-state index contributed by atoms with van der Waals surface area (Å²) in [6, 6.07) is 2.26. The summed E-state index contributed by atoms with van der Waals surface area (Å²) in [5.74, 6) is 0.313. The molecule has 0 aromatic carbocycles. The minimum absolute atomic E-state index is 0.102. The molecule has 1 saturated heterocycles. The maximum atomic E-state index is 12.4. The van der Waals surface area contributed by atoms with E-state index in [9.17, 15) is 4.79 Å². The summed E-state index contributed by atoms with van der Waals surface area (Å²) in [6.45, 7) is 7.71. The molecule has 18 heavy (non-hydrogen) atoms. The number of carbonyl (C=O) groups excluding carboxylic acids is 1. The lowest BCUT2D eigenvalue weighted by Gasteiger charge is -2.28. The van der Waals surface area contributed by atoms with Crippen molar-refractivity contribution in [1.29, 1.82) is 0 Å². The monoisotopic (exact) mass is 266 g/mol. The van der Waals surface area contributed by atoms with Crippen molar-refractivity contribution in [2.24, 2.45) is 0 Å². The second kappa shape index (κ2) is 6.34. The Balaban J connectivity index is 2.00. The van der Waals surface area contributed by atoms with Crippen molar-refractivity contribution in [3.8, 4) is 0 Å². The first-order valence-corrected chi connectivity index (χ1v) is 7.74. The van der Waals surface area contributed by atoms with Crippen molar-refractivity contribution in [3.05, 3.63) is 22.4 Å². The van der Waals surface area contributed by atoms with Gasteiger partial charge in [-0.1, -0.05) is 0 Å². The minimum atomic E-state index is 0.102. The molecule has 1 aromatic rings. The molecule has 0 spiro atoms. The third-order valence-corrected chi connectivity index (χ3v) is 4.42. The zero-order valence-corrected chi connectivity index (χ0v) is 12.1. The van der Waals surface area contributed by atoms with E-state index >= 15 is 0 Å². The van der Waals surface area contributed by atoms with E-state index in [1.807, 2.05) is 4.90 Å². The lowest BCUT2D eigenvalue weighted by Crippen LogP contribution is -2.45. The predicted molar refractivity (Wildman–Crippen MR) is 75.7 cm³/mol. The Kier molecular flexibility index (Phi) is 4.78. The topological polar surface area (TPSA) is 23.6 Å². The van der Waals surface area contributed by atoms with Gasteiger partial charge in [-0.05, 0) is 55.6 Å². The van der Waals surface area contributed by atoms with E-state index in [0.717, 1.165) is 39.0 Å². The Morgan fingerprint density at radius 1 is 1.50 bits per heavy atom. The van der Waals surface area contributed by atoms with E-state index in [4.69, 9.17) is 0 Å². The Labute approximate surface area is 113 Å². The van der Waals surface area contributed by atoms with Gasteiger partial charge in [-0.25, -0.2) is 0 Å². The van der Waals surface area contributed by atoms with Crippen LogP contribution in [-0.2, 0) is 11.3 Å². The van der Waals surface area contributed by atoms with Gasteiger partial charge in [-0.2, -0.15) is 11.3 Å². The molecule has 0 unspecified atom stereocenters. The molecule has 1 atom stereocenters. The SMILES string of the molecule is CCN(CC)C(=O)[C@@H]1CCCN1Cc1ccsc1. The summed E-state index contributed by atoms with van der Waals surface area (Å²) in [7, 11) is 0. The third-order valence-electron chi connectivity index (χ3n) is 3.69. The van der Waals surface area contributed by atoms with Gasteiger partial charge in [0.25, 0.3) is 0 Å². The highest BCUT2D eigenvalue weighted by molar-refractivity contribution is 7.07. The highest BCUT2D eigenvalue weighted by Gasteiger charge is 2.32. The summed E-state index contributed by atoms with van der Waals surface area (Å²) < 4.78 is 0. The quantitative estimate of drug-likeness (QED) is 0.818. The summed E-state index contributed by atoms with van der Waals surface area (Å²) >= 11 is 1.73. The smallest absolute Gasteiger partial charge is 0.239 e. The summed E-state index contributed by atoms with van der Waals surface area (Å²) in [5, 5.41) is 4.28. The van der Waals surface area contributed by atoms with Gasteiger partial charge in [0.2, 0.25) is 5.91 Å². The van der Waals surface area contributed by atoms with Gasteiger partial charge in [0.05, 0.1) is 6.04 Å². The van der Waals surface area contributed by atoms with Crippen LogP contribution in [0.15, 0.2) is 16.8 Å². The van der Waals surface area contributed by atoms with Gasteiger partial charge in [0.1, 0.15) is 0 Å². The summed E-state index contributed by atoms with van der Waals surface area (Å²) in [4.78, 5) is 16.7. The number of nitrogens with zero attached hydrogens (tertiary/aromatic N) is 2. The number of likely N-dealkylation sites (N-methyl/N-ethyl adjacent to an activating group) is 1. The Morgan fingerprint density at radius 2 is 2.28 bits per heavy atom. The third kappa shape index (κ3) is 2.93. The molecule has 1 fully saturated rings. The fraction of sp³-hybridized carbons (Fsp3) is 0.643. The van der Waals surface area contributed by atoms with Gasteiger partial charge in [-0.15, -0.1) is 0 Å². The van der Waals surface area contributed by atoms with E-state index in [1.165, 1.54) is 5.56 Å². The zero-order valence-electron chi connectivity index (χ0n) is 11.3. The molecule has 0 radical (unpaired) electrons. The van der Waals surface area contributed by atoms with Crippen LogP contribution in [0.1, 0.15) is 32.3 Å². The maximum absolute atomic E-state index is 12.4. The number of amides is 1. The lowest BCUT2D eigenvalue weighted by atomic mass is 10.2. The van der Waals surface area contributed by atoms with Crippen molar-refractivity contribution in [2.45, 2.75) is 39.3 Å². The van der Waals surface area contributed by atoms with E-state index < -0.39 is 0 Å². The standard InChI is InChI=1S/C14H22N2OS/c1-3-15(4-2)14(17)13-6-5-8-16(13)10-12-7-9-18-11-12/h7,9,11,13H,3-6,8,10H2,1-2H3/t13-/m0/s1. The largest absolute Gasteiger partial charge is 0.342 e. The van der Waals surface area contributed by atoms with Crippen LogP contribution in [0.2, 0.25) is 0 Å². The fourth-order valence-corrected chi connectivity index (χ4v) is 3.32. The average Bonchev–Trinajstić information content (AvgIpc) is 3.02. The van der Waals surface area contributed by atoms with Crippen molar-refractivity contribution < 1.29 is 4.79 Å². The predicted octanol–water partition coefficient (Wildman–Crippen LogP) is 2.58. The number of rotatable bonds is 5. The average molecular weight is 266 g/mol. The number of hydrogen-bond acceptors (Lipinski definition) is 3. The first kappa shape index (κ1) is 13.6.